The van der Waals surface area contributed by atoms with E-state index < -0.39 is 6.61 Å². The highest BCUT2D eigenvalue weighted by molar-refractivity contribution is 5.76. The molecule has 5 nitrogen and oxygen atoms in total. The van der Waals surface area contributed by atoms with Crippen LogP contribution >= 0.6 is 0 Å². The molecule has 0 aliphatic carbocycles. The van der Waals surface area contributed by atoms with Gasteiger partial charge in [-0.05, 0) is 35.9 Å². The number of halogens is 2. The molecule has 0 aliphatic heterocycles. The summed E-state index contributed by atoms with van der Waals surface area (Å²) in [5.74, 6) is 0.110. The van der Waals surface area contributed by atoms with Crippen LogP contribution in [0.5, 0.6) is 11.5 Å². The number of fused-ring (bicyclic) bond motifs is 1. The fraction of sp³-hybridized carbons (Fsp3) is 0.111. The summed E-state index contributed by atoms with van der Waals surface area (Å²) in [6.45, 7) is -2.93. The third kappa shape index (κ3) is 3.82. The van der Waals surface area contributed by atoms with E-state index in [0.29, 0.717) is 16.6 Å². The minimum Gasteiger partial charge on any atom is -0.493 e. The van der Waals surface area contributed by atoms with Crippen LogP contribution in [0.3, 0.4) is 0 Å². The molecule has 7 heteroatoms. The van der Waals surface area contributed by atoms with E-state index >= 15 is 0 Å². The predicted octanol–water partition coefficient (Wildman–Crippen LogP) is 3.70. The van der Waals surface area contributed by atoms with Gasteiger partial charge in [0, 0.05) is 0 Å². The van der Waals surface area contributed by atoms with Crippen molar-refractivity contribution < 1.29 is 18.3 Å². The molecular weight excluding hydrogens is 330 g/mol. The van der Waals surface area contributed by atoms with Crippen molar-refractivity contribution in [3.63, 3.8) is 0 Å². The van der Waals surface area contributed by atoms with Crippen LogP contribution in [0.4, 0.5) is 8.78 Å². The van der Waals surface area contributed by atoms with Crippen LogP contribution in [0.15, 0.2) is 47.3 Å². The average molecular weight is 344 g/mol. The van der Waals surface area contributed by atoms with Gasteiger partial charge in [0.1, 0.15) is 5.69 Å². The van der Waals surface area contributed by atoms with Crippen molar-refractivity contribution in [2.75, 3.05) is 7.11 Å². The molecule has 128 valence electrons. The number of rotatable bonds is 5. The van der Waals surface area contributed by atoms with Crippen LogP contribution in [0, 0.1) is 0 Å². The zero-order chi connectivity index (χ0) is 17.8. The number of methoxy groups -OCH3 is 1. The van der Waals surface area contributed by atoms with Gasteiger partial charge >= 0.3 is 6.61 Å². The third-order valence-corrected chi connectivity index (χ3v) is 3.46. The Morgan fingerprint density at radius 2 is 1.92 bits per heavy atom. The highest BCUT2D eigenvalue weighted by Crippen LogP contribution is 2.30. The lowest BCUT2D eigenvalue weighted by Gasteiger charge is -2.10. The van der Waals surface area contributed by atoms with Crippen molar-refractivity contribution in [3.05, 3.63) is 64.1 Å². The Bertz CT molecular complexity index is 983. The molecular formula is C18H14F2N2O3. The molecule has 1 heterocycles. The summed E-state index contributed by atoms with van der Waals surface area (Å²) in [5, 5.41) is 0. The van der Waals surface area contributed by atoms with Crippen LogP contribution < -0.4 is 15.0 Å². The second-order valence-electron chi connectivity index (χ2n) is 5.09. The van der Waals surface area contributed by atoms with E-state index in [1.165, 1.54) is 19.2 Å². The number of ether oxygens (including phenoxy) is 2. The number of nitrogens with zero attached hydrogens (tertiary/aromatic N) is 1. The van der Waals surface area contributed by atoms with E-state index in [1.807, 2.05) is 12.1 Å². The van der Waals surface area contributed by atoms with Crippen LogP contribution in [-0.4, -0.2) is 23.7 Å². The van der Waals surface area contributed by atoms with Crippen LogP contribution in [-0.2, 0) is 0 Å². The van der Waals surface area contributed by atoms with Crippen molar-refractivity contribution in [2.45, 2.75) is 6.61 Å². The van der Waals surface area contributed by atoms with Gasteiger partial charge < -0.3 is 14.5 Å². The summed E-state index contributed by atoms with van der Waals surface area (Å²) >= 11 is 0. The molecule has 25 heavy (non-hydrogen) atoms. The predicted molar refractivity (Wildman–Crippen MR) is 90.9 cm³/mol. The van der Waals surface area contributed by atoms with Gasteiger partial charge in [-0.1, -0.05) is 24.3 Å². The lowest BCUT2D eigenvalue weighted by molar-refractivity contribution is -0.0512. The Hall–Kier alpha value is -3.22. The SMILES string of the molecule is COc1cc(/C=C/c2nc3ccccc3[nH]c2=O)ccc1OC(F)F. The van der Waals surface area contributed by atoms with Crippen molar-refractivity contribution >= 4 is 23.2 Å². The number of benzene rings is 2. The molecule has 0 fully saturated rings. The normalized spacial score (nSPS) is 11.4. The summed E-state index contributed by atoms with van der Waals surface area (Å²) < 4.78 is 34.1. The average Bonchev–Trinajstić information content (AvgIpc) is 2.60. The number of aromatic nitrogens is 2. The monoisotopic (exact) mass is 344 g/mol. The Morgan fingerprint density at radius 1 is 1.12 bits per heavy atom. The second kappa shape index (κ2) is 7.12. The molecule has 0 bridgehead atoms. The number of aromatic amines is 1. The third-order valence-electron chi connectivity index (χ3n) is 3.46. The van der Waals surface area contributed by atoms with Gasteiger partial charge in [0.2, 0.25) is 0 Å². The van der Waals surface area contributed by atoms with E-state index in [1.54, 1.807) is 30.4 Å². The molecule has 3 rings (SSSR count). The molecule has 0 saturated heterocycles. The lowest BCUT2D eigenvalue weighted by Crippen LogP contribution is -2.11. The first-order valence-corrected chi connectivity index (χ1v) is 7.37. The van der Waals surface area contributed by atoms with Crippen molar-refractivity contribution in [2.24, 2.45) is 0 Å². The summed E-state index contributed by atoms with van der Waals surface area (Å²) in [6, 6.07) is 11.7. The van der Waals surface area contributed by atoms with E-state index in [4.69, 9.17) is 4.74 Å². The minimum atomic E-state index is -2.93. The fourth-order valence-electron chi connectivity index (χ4n) is 2.31. The van der Waals surface area contributed by atoms with Gasteiger partial charge in [0.25, 0.3) is 5.56 Å². The van der Waals surface area contributed by atoms with Gasteiger partial charge in [0.05, 0.1) is 18.1 Å². The van der Waals surface area contributed by atoms with E-state index in [-0.39, 0.29) is 22.8 Å². The Morgan fingerprint density at radius 3 is 2.68 bits per heavy atom. The zero-order valence-electron chi connectivity index (χ0n) is 13.2. The minimum absolute atomic E-state index is 0.0590. The van der Waals surface area contributed by atoms with Crippen LogP contribution in [0.2, 0.25) is 0 Å². The molecule has 1 aromatic heterocycles. The number of hydrogen-bond acceptors (Lipinski definition) is 4. The summed E-state index contributed by atoms with van der Waals surface area (Å²) in [5.41, 5.74) is 1.89. The van der Waals surface area contributed by atoms with E-state index in [0.717, 1.165) is 0 Å². The van der Waals surface area contributed by atoms with Gasteiger partial charge in [-0.2, -0.15) is 8.78 Å². The number of alkyl halides is 2. The fourth-order valence-corrected chi connectivity index (χ4v) is 2.31. The molecule has 1 N–H and O–H groups in total. The maximum absolute atomic E-state index is 12.3. The highest BCUT2D eigenvalue weighted by atomic mass is 19.3. The van der Waals surface area contributed by atoms with Gasteiger partial charge in [-0.3, -0.25) is 4.79 Å². The molecule has 0 radical (unpaired) electrons. The van der Waals surface area contributed by atoms with Gasteiger partial charge in [-0.15, -0.1) is 0 Å². The summed E-state index contributed by atoms with van der Waals surface area (Å²) in [7, 11) is 1.36. The maximum Gasteiger partial charge on any atom is 0.387 e. The molecule has 0 saturated carbocycles. The first-order chi connectivity index (χ1) is 12.1. The number of nitrogens with one attached hydrogen (secondary N) is 1. The molecule has 0 aliphatic rings. The van der Waals surface area contributed by atoms with E-state index in [9.17, 15) is 13.6 Å². The number of hydrogen-bond donors (Lipinski definition) is 1. The van der Waals surface area contributed by atoms with E-state index in [2.05, 4.69) is 14.7 Å². The number of H-pyrrole nitrogens is 1. The quantitative estimate of drug-likeness (QED) is 0.766. The Labute approximate surface area is 141 Å². The maximum atomic E-state index is 12.3. The molecule has 0 unspecified atom stereocenters. The zero-order valence-corrected chi connectivity index (χ0v) is 13.2. The Kier molecular flexibility index (Phi) is 4.74. The summed E-state index contributed by atoms with van der Waals surface area (Å²) in [4.78, 5) is 19.1. The largest absolute Gasteiger partial charge is 0.493 e. The topological polar surface area (TPSA) is 64.2 Å². The lowest BCUT2D eigenvalue weighted by atomic mass is 10.1. The molecule has 2 aromatic carbocycles. The van der Waals surface area contributed by atoms with Crippen molar-refractivity contribution in [1.82, 2.24) is 9.97 Å². The molecule has 0 spiro atoms. The molecule has 0 amide bonds. The standard InChI is InChI=1S/C18H14F2N2O3/c1-24-16-10-11(7-9-15(16)25-18(19)20)6-8-14-17(23)22-13-5-3-2-4-12(13)21-14/h2-10,18H,1H3,(H,22,23)/b8-6+. The van der Waals surface area contributed by atoms with Crippen molar-refractivity contribution in [1.29, 1.82) is 0 Å². The number of para-hydroxylation sites is 2. The van der Waals surface area contributed by atoms with Crippen molar-refractivity contribution in [3.8, 4) is 11.5 Å². The first kappa shape index (κ1) is 16.6. The molecule has 0 atom stereocenters. The first-order valence-electron chi connectivity index (χ1n) is 7.37. The van der Waals surface area contributed by atoms with Gasteiger partial charge in [0.15, 0.2) is 11.5 Å². The second-order valence-corrected chi connectivity index (χ2v) is 5.09. The van der Waals surface area contributed by atoms with Gasteiger partial charge in [-0.25, -0.2) is 4.98 Å². The Balaban J connectivity index is 1.91. The smallest absolute Gasteiger partial charge is 0.387 e. The summed E-state index contributed by atoms with van der Waals surface area (Å²) in [6.07, 6.45) is 3.19. The highest BCUT2D eigenvalue weighted by Gasteiger charge is 2.10. The van der Waals surface area contributed by atoms with Crippen LogP contribution in [0.1, 0.15) is 11.3 Å². The van der Waals surface area contributed by atoms with Crippen LogP contribution in [0.25, 0.3) is 23.2 Å². The molecule has 3 aromatic rings.